The molecule has 0 aliphatic carbocycles. The molecule has 1 unspecified atom stereocenters. The molecular weight excluding hydrogens is 402 g/mol. The summed E-state index contributed by atoms with van der Waals surface area (Å²) in [7, 11) is 0. The van der Waals surface area contributed by atoms with E-state index in [0.717, 1.165) is 43.2 Å². The predicted molar refractivity (Wildman–Crippen MR) is 120 cm³/mol. The second-order valence-corrected chi connectivity index (χ2v) is 8.11. The zero-order valence-electron chi connectivity index (χ0n) is 17.8. The standard InChI is InChI=1S/C24H25N7O/c32-24(27-12-8-21-5-1-2-11-26-21)20-6-7-22-28-29-23(31(22)17-20)19-9-13-30(16-19)15-18-4-3-10-25-14-18/h1-7,10-11,14,17,19H,8-9,12-13,15-16H2,(H,27,32). The highest BCUT2D eigenvalue weighted by Crippen LogP contribution is 2.27. The summed E-state index contributed by atoms with van der Waals surface area (Å²) in [6.07, 6.45) is 9.04. The first-order valence-corrected chi connectivity index (χ1v) is 10.9. The van der Waals surface area contributed by atoms with Crippen LogP contribution >= 0.6 is 0 Å². The Morgan fingerprint density at radius 2 is 2.06 bits per heavy atom. The number of nitrogens with zero attached hydrogens (tertiary/aromatic N) is 6. The van der Waals surface area contributed by atoms with Gasteiger partial charge in [0.2, 0.25) is 0 Å². The lowest BCUT2D eigenvalue weighted by molar-refractivity contribution is 0.0953. The molecule has 4 aromatic rings. The van der Waals surface area contributed by atoms with Gasteiger partial charge < -0.3 is 5.32 Å². The molecule has 1 aliphatic heterocycles. The van der Waals surface area contributed by atoms with Gasteiger partial charge in [0.15, 0.2) is 5.65 Å². The van der Waals surface area contributed by atoms with Crippen LogP contribution in [-0.4, -0.2) is 55.0 Å². The number of carbonyl (C=O) groups is 1. The Kier molecular flexibility index (Phi) is 5.85. The lowest BCUT2D eigenvalue weighted by atomic mass is 10.1. The molecule has 5 heterocycles. The molecule has 5 rings (SSSR count). The molecule has 162 valence electrons. The number of fused-ring (bicyclic) bond motifs is 1. The van der Waals surface area contributed by atoms with E-state index >= 15 is 0 Å². The molecule has 0 saturated carbocycles. The van der Waals surface area contributed by atoms with Gasteiger partial charge in [0.25, 0.3) is 5.91 Å². The molecule has 1 fully saturated rings. The highest BCUT2D eigenvalue weighted by Gasteiger charge is 2.28. The van der Waals surface area contributed by atoms with Gasteiger partial charge in [-0.15, -0.1) is 10.2 Å². The van der Waals surface area contributed by atoms with Gasteiger partial charge in [-0.3, -0.25) is 24.1 Å². The van der Waals surface area contributed by atoms with Crippen LogP contribution in [0, 0.1) is 0 Å². The summed E-state index contributed by atoms with van der Waals surface area (Å²) < 4.78 is 1.96. The monoisotopic (exact) mass is 427 g/mol. The first-order chi connectivity index (χ1) is 15.8. The van der Waals surface area contributed by atoms with Crippen LogP contribution in [0.5, 0.6) is 0 Å². The lowest BCUT2D eigenvalue weighted by Gasteiger charge is -2.15. The Morgan fingerprint density at radius 3 is 2.91 bits per heavy atom. The third-order valence-corrected chi connectivity index (χ3v) is 5.85. The molecule has 0 bridgehead atoms. The molecule has 1 saturated heterocycles. The fraction of sp³-hybridized carbons (Fsp3) is 0.292. The predicted octanol–water partition coefficient (Wildman–Crippen LogP) is 2.48. The molecule has 0 aromatic carbocycles. The molecule has 4 aromatic heterocycles. The van der Waals surface area contributed by atoms with Crippen LogP contribution < -0.4 is 5.32 Å². The molecule has 0 radical (unpaired) electrons. The quantitative estimate of drug-likeness (QED) is 0.488. The fourth-order valence-electron chi connectivity index (χ4n) is 4.21. The highest BCUT2D eigenvalue weighted by atomic mass is 16.1. The van der Waals surface area contributed by atoms with Crippen LogP contribution in [0.1, 0.15) is 39.8 Å². The van der Waals surface area contributed by atoms with Gasteiger partial charge in [-0.25, -0.2) is 0 Å². The van der Waals surface area contributed by atoms with Crippen molar-refractivity contribution in [3.8, 4) is 0 Å². The van der Waals surface area contributed by atoms with Crippen molar-refractivity contribution in [2.75, 3.05) is 19.6 Å². The summed E-state index contributed by atoms with van der Waals surface area (Å²) >= 11 is 0. The Hall–Kier alpha value is -3.65. The van der Waals surface area contributed by atoms with Crippen molar-refractivity contribution in [3.63, 3.8) is 0 Å². The summed E-state index contributed by atoms with van der Waals surface area (Å²) in [5, 5.41) is 11.8. The summed E-state index contributed by atoms with van der Waals surface area (Å²) in [4.78, 5) is 23.6. The van der Waals surface area contributed by atoms with Gasteiger partial charge in [-0.2, -0.15) is 0 Å². The maximum Gasteiger partial charge on any atom is 0.252 e. The van der Waals surface area contributed by atoms with Gasteiger partial charge in [-0.1, -0.05) is 12.1 Å². The van der Waals surface area contributed by atoms with E-state index in [4.69, 9.17) is 0 Å². The Morgan fingerprint density at radius 1 is 1.09 bits per heavy atom. The fourth-order valence-corrected chi connectivity index (χ4v) is 4.21. The van der Waals surface area contributed by atoms with Crippen LogP contribution in [-0.2, 0) is 13.0 Å². The first-order valence-electron chi connectivity index (χ1n) is 10.9. The van der Waals surface area contributed by atoms with Crippen molar-refractivity contribution >= 4 is 11.6 Å². The van der Waals surface area contributed by atoms with Gasteiger partial charge in [-0.05, 0) is 48.9 Å². The number of rotatable bonds is 7. The van der Waals surface area contributed by atoms with Gasteiger partial charge in [0.05, 0.1) is 5.56 Å². The second-order valence-electron chi connectivity index (χ2n) is 8.11. The zero-order valence-corrected chi connectivity index (χ0v) is 17.8. The van der Waals surface area contributed by atoms with E-state index in [-0.39, 0.29) is 11.8 Å². The van der Waals surface area contributed by atoms with E-state index in [2.05, 4.69) is 36.4 Å². The van der Waals surface area contributed by atoms with E-state index < -0.39 is 0 Å². The van der Waals surface area contributed by atoms with E-state index in [1.165, 1.54) is 5.56 Å². The minimum absolute atomic E-state index is 0.105. The van der Waals surface area contributed by atoms with E-state index in [1.807, 2.05) is 47.1 Å². The van der Waals surface area contributed by atoms with Crippen molar-refractivity contribution in [2.45, 2.75) is 25.3 Å². The van der Waals surface area contributed by atoms with Crippen molar-refractivity contribution in [1.29, 1.82) is 0 Å². The van der Waals surface area contributed by atoms with Crippen molar-refractivity contribution < 1.29 is 4.79 Å². The van der Waals surface area contributed by atoms with E-state index in [9.17, 15) is 4.79 Å². The van der Waals surface area contributed by atoms with Crippen LogP contribution in [0.15, 0.2) is 67.3 Å². The Balaban J connectivity index is 1.25. The Labute approximate surface area is 186 Å². The normalized spacial score (nSPS) is 16.4. The average Bonchev–Trinajstić information content (AvgIpc) is 3.46. The van der Waals surface area contributed by atoms with Crippen molar-refractivity contribution in [2.24, 2.45) is 0 Å². The number of nitrogens with one attached hydrogen (secondary N) is 1. The largest absolute Gasteiger partial charge is 0.352 e. The van der Waals surface area contributed by atoms with Gasteiger partial charge >= 0.3 is 0 Å². The van der Waals surface area contributed by atoms with Crippen molar-refractivity contribution in [1.82, 2.24) is 34.8 Å². The molecule has 1 aliphatic rings. The summed E-state index contributed by atoms with van der Waals surface area (Å²) in [6.45, 7) is 3.33. The SMILES string of the molecule is O=C(NCCc1ccccn1)c1ccc2nnc(C3CCN(Cc4cccnc4)C3)n2c1. The number of aromatic nitrogens is 5. The molecular formula is C24H25N7O. The second kappa shape index (κ2) is 9.23. The molecule has 8 heteroatoms. The molecule has 32 heavy (non-hydrogen) atoms. The minimum Gasteiger partial charge on any atom is -0.352 e. The average molecular weight is 428 g/mol. The third-order valence-electron chi connectivity index (χ3n) is 5.85. The first kappa shape index (κ1) is 20.3. The lowest BCUT2D eigenvalue weighted by Crippen LogP contribution is -2.26. The Bertz CT molecular complexity index is 1190. The summed E-state index contributed by atoms with van der Waals surface area (Å²) in [6, 6.07) is 13.5. The minimum atomic E-state index is -0.105. The number of pyridine rings is 3. The van der Waals surface area contributed by atoms with Crippen LogP contribution in [0.2, 0.25) is 0 Å². The molecule has 8 nitrogen and oxygen atoms in total. The molecule has 1 atom stereocenters. The maximum atomic E-state index is 12.7. The topological polar surface area (TPSA) is 88.3 Å². The number of hydrogen-bond donors (Lipinski definition) is 1. The summed E-state index contributed by atoms with van der Waals surface area (Å²) in [5.74, 6) is 1.09. The summed E-state index contributed by atoms with van der Waals surface area (Å²) in [5.41, 5.74) is 3.53. The molecule has 1 N–H and O–H groups in total. The number of carbonyl (C=O) groups excluding carboxylic acids is 1. The van der Waals surface area contributed by atoms with Gasteiger partial charge in [0.1, 0.15) is 5.82 Å². The zero-order chi connectivity index (χ0) is 21.8. The van der Waals surface area contributed by atoms with Crippen LogP contribution in [0.4, 0.5) is 0 Å². The van der Waals surface area contributed by atoms with Gasteiger partial charge in [0, 0.05) is 62.5 Å². The van der Waals surface area contributed by atoms with Crippen molar-refractivity contribution in [3.05, 3.63) is 89.9 Å². The van der Waals surface area contributed by atoms with E-state index in [1.54, 1.807) is 18.5 Å². The smallest absolute Gasteiger partial charge is 0.252 e. The number of likely N-dealkylation sites (tertiary alicyclic amines) is 1. The highest BCUT2D eigenvalue weighted by molar-refractivity contribution is 5.94. The van der Waals surface area contributed by atoms with Crippen LogP contribution in [0.3, 0.4) is 0 Å². The molecule has 1 amide bonds. The third kappa shape index (κ3) is 4.50. The number of hydrogen-bond acceptors (Lipinski definition) is 6. The van der Waals surface area contributed by atoms with Crippen LogP contribution in [0.25, 0.3) is 5.65 Å². The van der Waals surface area contributed by atoms with E-state index in [0.29, 0.717) is 18.5 Å². The number of amides is 1. The molecule has 0 spiro atoms. The maximum absolute atomic E-state index is 12.7.